The normalized spacial score (nSPS) is 22.5. The summed E-state index contributed by atoms with van der Waals surface area (Å²) in [5.74, 6) is -0.827. The molecule has 1 aromatic carbocycles. The van der Waals surface area contributed by atoms with Gasteiger partial charge in [-0.2, -0.15) is 0 Å². The van der Waals surface area contributed by atoms with Crippen molar-refractivity contribution < 1.29 is 23.8 Å². The van der Waals surface area contributed by atoms with Crippen LogP contribution in [0.25, 0.3) is 0 Å². The lowest BCUT2D eigenvalue weighted by atomic mass is 9.82. The Hall–Kier alpha value is -1.88. The number of ether oxygens (including phenoxy) is 3. The van der Waals surface area contributed by atoms with Gasteiger partial charge >= 0.3 is 11.9 Å². The molecule has 27 heavy (non-hydrogen) atoms. The first-order chi connectivity index (χ1) is 12.8. The zero-order valence-corrected chi connectivity index (χ0v) is 17.2. The van der Waals surface area contributed by atoms with Crippen LogP contribution in [-0.2, 0) is 30.2 Å². The fraction of sp³-hybridized carbons (Fsp3) is 0.636. The molecule has 1 aliphatic rings. The summed E-state index contributed by atoms with van der Waals surface area (Å²) in [7, 11) is 0. The third kappa shape index (κ3) is 5.55. The Labute approximate surface area is 162 Å². The third-order valence-corrected chi connectivity index (χ3v) is 5.13. The van der Waals surface area contributed by atoms with Crippen molar-refractivity contribution >= 4 is 11.9 Å². The first-order valence-electron chi connectivity index (χ1n) is 9.87. The van der Waals surface area contributed by atoms with Crippen LogP contribution in [-0.4, -0.2) is 36.4 Å². The van der Waals surface area contributed by atoms with Gasteiger partial charge in [0.15, 0.2) is 0 Å². The van der Waals surface area contributed by atoms with Crippen molar-refractivity contribution in [1.82, 2.24) is 0 Å². The topological polar surface area (TPSA) is 61.8 Å². The molecule has 0 spiro atoms. The van der Waals surface area contributed by atoms with E-state index in [0.29, 0.717) is 25.7 Å². The Morgan fingerprint density at radius 1 is 1.15 bits per heavy atom. The molecule has 0 heterocycles. The maximum Gasteiger partial charge on any atom is 0.350 e. The number of aryl methyl sites for hydroxylation is 2. The first kappa shape index (κ1) is 21.4. The van der Waals surface area contributed by atoms with Crippen LogP contribution in [0.3, 0.4) is 0 Å². The lowest BCUT2D eigenvalue weighted by Gasteiger charge is -2.37. The number of carbonyl (C=O) groups excluding carboxylic acids is 2. The average Bonchev–Trinajstić information content (AvgIpc) is 2.60. The molecule has 0 atom stereocenters. The Bertz CT molecular complexity index is 636. The number of benzene rings is 1. The Morgan fingerprint density at radius 2 is 1.74 bits per heavy atom. The zero-order valence-electron chi connectivity index (χ0n) is 17.2. The highest BCUT2D eigenvalue weighted by atomic mass is 16.6. The second kappa shape index (κ2) is 9.36. The molecular formula is C22H32O5. The molecule has 1 fully saturated rings. The molecule has 1 aliphatic carbocycles. The quantitative estimate of drug-likeness (QED) is 0.672. The van der Waals surface area contributed by atoms with Gasteiger partial charge in [-0.15, -0.1) is 0 Å². The predicted molar refractivity (Wildman–Crippen MR) is 104 cm³/mol. The molecule has 0 amide bonds. The predicted octanol–water partition coefficient (Wildman–Crippen LogP) is 4.06. The minimum absolute atomic E-state index is 0.0878. The van der Waals surface area contributed by atoms with E-state index in [1.54, 1.807) is 6.92 Å². The summed E-state index contributed by atoms with van der Waals surface area (Å²) in [6, 6.07) is 5.92. The molecule has 5 nitrogen and oxygen atoms in total. The summed E-state index contributed by atoms with van der Waals surface area (Å²) in [6.45, 7) is 9.98. The van der Waals surface area contributed by atoms with Crippen molar-refractivity contribution in [3.8, 4) is 0 Å². The molecule has 0 aliphatic heterocycles. The molecule has 2 rings (SSSR count). The van der Waals surface area contributed by atoms with Crippen LogP contribution < -0.4 is 0 Å². The summed E-state index contributed by atoms with van der Waals surface area (Å²) < 4.78 is 16.9. The van der Waals surface area contributed by atoms with Crippen molar-refractivity contribution in [1.29, 1.82) is 0 Å². The molecule has 0 aromatic heterocycles. The van der Waals surface area contributed by atoms with E-state index in [4.69, 9.17) is 14.2 Å². The van der Waals surface area contributed by atoms with E-state index >= 15 is 0 Å². The van der Waals surface area contributed by atoms with Gasteiger partial charge in [0, 0.05) is 12.8 Å². The molecule has 1 aromatic rings. The van der Waals surface area contributed by atoms with Crippen LogP contribution in [0.15, 0.2) is 18.2 Å². The van der Waals surface area contributed by atoms with Crippen molar-refractivity contribution in [3.63, 3.8) is 0 Å². The number of hydrogen-bond acceptors (Lipinski definition) is 5. The van der Waals surface area contributed by atoms with Gasteiger partial charge in [0.25, 0.3) is 0 Å². The lowest BCUT2D eigenvalue weighted by Crippen LogP contribution is -2.49. The Morgan fingerprint density at radius 3 is 2.26 bits per heavy atom. The molecular weight excluding hydrogens is 344 g/mol. The number of esters is 2. The minimum atomic E-state index is -1.19. The first-order valence-corrected chi connectivity index (χ1v) is 9.87. The maximum atomic E-state index is 12.7. The highest BCUT2D eigenvalue weighted by Crippen LogP contribution is 2.35. The van der Waals surface area contributed by atoms with Crippen molar-refractivity contribution in [2.75, 3.05) is 6.61 Å². The van der Waals surface area contributed by atoms with Crippen molar-refractivity contribution in [2.24, 2.45) is 0 Å². The molecule has 150 valence electrons. The molecule has 0 unspecified atom stereocenters. The molecule has 1 saturated carbocycles. The van der Waals surface area contributed by atoms with Crippen LogP contribution in [0.4, 0.5) is 0 Å². The Kier molecular flexibility index (Phi) is 7.42. The minimum Gasteiger partial charge on any atom is -0.463 e. The van der Waals surface area contributed by atoms with Gasteiger partial charge in [-0.3, -0.25) is 4.79 Å². The molecule has 0 N–H and O–H groups in total. The van der Waals surface area contributed by atoms with E-state index in [9.17, 15) is 9.59 Å². The summed E-state index contributed by atoms with van der Waals surface area (Å²) in [5, 5.41) is 0. The Balaban J connectivity index is 2.11. The van der Waals surface area contributed by atoms with Crippen LogP contribution in [0.5, 0.6) is 0 Å². The molecule has 0 saturated heterocycles. The van der Waals surface area contributed by atoms with Gasteiger partial charge in [-0.25, -0.2) is 4.79 Å². The summed E-state index contributed by atoms with van der Waals surface area (Å²) in [6.07, 6.45) is 2.60. The van der Waals surface area contributed by atoms with E-state index in [1.807, 2.05) is 45.9 Å². The van der Waals surface area contributed by atoms with E-state index in [0.717, 1.165) is 16.7 Å². The second-order valence-electron chi connectivity index (χ2n) is 7.62. The van der Waals surface area contributed by atoms with Gasteiger partial charge < -0.3 is 14.2 Å². The van der Waals surface area contributed by atoms with Crippen molar-refractivity contribution in [3.05, 3.63) is 34.9 Å². The van der Waals surface area contributed by atoms with Crippen molar-refractivity contribution in [2.45, 2.75) is 84.5 Å². The number of hydrogen-bond donors (Lipinski definition) is 0. The van der Waals surface area contributed by atoms with Crippen LogP contribution in [0.2, 0.25) is 0 Å². The summed E-state index contributed by atoms with van der Waals surface area (Å²) >= 11 is 0. The maximum absolute atomic E-state index is 12.7. The molecule has 5 heteroatoms. The van der Waals surface area contributed by atoms with Gasteiger partial charge in [-0.1, -0.05) is 18.2 Å². The fourth-order valence-corrected chi connectivity index (χ4v) is 3.72. The van der Waals surface area contributed by atoms with Gasteiger partial charge in [0.2, 0.25) is 5.60 Å². The summed E-state index contributed by atoms with van der Waals surface area (Å²) in [5.41, 5.74) is 1.86. The van der Waals surface area contributed by atoms with Crippen LogP contribution in [0.1, 0.15) is 63.1 Å². The third-order valence-electron chi connectivity index (χ3n) is 5.13. The van der Waals surface area contributed by atoms with E-state index in [-0.39, 0.29) is 31.2 Å². The van der Waals surface area contributed by atoms with E-state index in [1.165, 1.54) is 0 Å². The lowest BCUT2D eigenvalue weighted by molar-refractivity contribution is -0.190. The summed E-state index contributed by atoms with van der Waals surface area (Å²) in [4.78, 5) is 25.3. The van der Waals surface area contributed by atoms with Gasteiger partial charge in [-0.05, 0) is 64.2 Å². The standard InChI is InChI=1S/C22H32O5/c1-6-25-21(24)22(12-10-18(11-13-22)26-15(2)3)27-20(23)14-19-16(4)8-7-9-17(19)5/h7-9,15,18H,6,10-14H2,1-5H3. The SMILES string of the molecule is CCOC(=O)C1(OC(=O)Cc2c(C)cccc2C)CCC(OC(C)C)CC1. The smallest absolute Gasteiger partial charge is 0.350 e. The fourth-order valence-electron chi connectivity index (χ4n) is 3.72. The number of carbonyl (C=O) groups is 2. The van der Waals surface area contributed by atoms with Crippen LogP contribution >= 0.6 is 0 Å². The highest BCUT2D eigenvalue weighted by Gasteiger charge is 2.47. The average molecular weight is 376 g/mol. The molecule has 0 bridgehead atoms. The second-order valence-corrected chi connectivity index (χ2v) is 7.62. The van der Waals surface area contributed by atoms with Gasteiger partial charge in [0.1, 0.15) is 0 Å². The van der Waals surface area contributed by atoms with Crippen LogP contribution in [0, 0.1) is 13.8 Å². The number of rotatable bonds is 7. The van der Waals surface area contributed by atoms with Gasteiger partial charge in [0.05, 0.1) is 25.2 Å². The molecule has 0 radical (unpaired) electrons. The monoisotopic (exact) mass is 376 g/mol. The zero-order chi connectivity index (χ0) is 20.0. The van der Waals surface area contributed by atoms with E-state index < -0.39 is 11.6 Å². The van der Waals surface area contributed by atoms with E-state index in [2.05, 4.69) is 0 Å². The highest BCUT2D eigenvalue weighted by molar-refractivity contribution is 5.84. The largest absolute Gasteiger partial charge is 0.463 e.